The molecule has 1 aromatic carbocycles. The van der Waals surface area contributed by atoms with Crippen molar-refractivity contribution in [1.29, 1.82) is 0 Å². The van der Waals surface area contributed by atoms with Crippen molar-refractivity contribution in [3.05, 3.63) is 29.8 Å². The maximum atomic E-state index is 10.2. The largest absolute Gasteiger partial charge is 0.491 e. The number of ether oxygens (including phenoxy) is 1. The van der Waals surface area contributed by atoms with E-state index in [2.05, 4.69) is 24.4 Å². The maximum Gasteiger partial charge on any atom is 0.119 e. The van der Waals surface area contributed by atoms with E-state index in [1.165, 1.54) is 5.56 Å². The van der Waals surface area contributed by atoms with Gasteiger partial charge in [-0.25, -0.2) is 0 Å². The Morgan fingerprint density at radius 3 is 2.47 bits per heavy atom. The van der Waals surface area contributed by atoms with Crippen LogP contribution in [0.4, 0.5) is 0 Å². The minimum absolute atomic E-state index is 0.416. The maximum absolute atomic E-state index is 10.2. The van der Waals surface area contributed by atoms with Gasteiger partial charge in [-0.05, 0) is 50.9 Å². The average Bonchev–Trinajstić information content (AvgIpc) is 2.85. The number of likely N-dealkylation sites (N-methyl/N-ethyl adjacent to an activating group) is 1. The minimum Gasteiger partial charge on any atom is -0.491 e. The lowest BCUT2D eigenvalue weighted by Crippen LogP contribution is -2.32. The highest BCUT2D eigenvalue weighted by atomic mass is 16.5. The molecular weight excluding hydrogens is 238 g/mol. The summed E-state index contributed by atoms with van der Waals surface area (Å²) in [6.45, 7) is 2.58. The molecule has 1 unspecified atom stereocenters. The summed E-state index contributed by atoms with van der Waals surface area (Å²) < 4.78 is 5.71. The Hall–Kier alpha value is -1.06. The first-order valence-electron chi connectivity index (χ1n) is 7.23. The van der Waals surface area contributed by atoms with Gasteiger partial charge in [0.25, 0.3) is 0 Å². The third-order valence-corrected chi connectivity index (χ3v) is 4.00. The molecule has 0 spiro atoms. The molecule has 106 valence electrons. The molecule has 3 heteroatoms. The quantitative estimate of drug-likeness (QED) is 0.828. The second-order valence-corrected chi connectivity index (χ2v) is 5.76. The van der Waals surface area contributed by atoms with Gasteiger partial charge in [0.15, 0.2) is 0 Å². The molecule has 19 heavy (non-hydrogen) atoms. The van der Waals surface area contributed by atoms with Gasteiger partial charge in [-0.2, -0.15) is 0 Å². The number of nitrogens with one attached hydrogen (secondary N) is 1. The summed E-state index contributed by atoms with van der Waals surface area (Å²) in [5, 5.41) is 13.5. The van der Waals surface area contributed by atoms with E-state index < -0.39 is 5.60 Å². The summed E-state index contributed by atoms with van der Waals surface area (Å²) in [7, 11) is 1.98. The summed E-state index contributed by atoms with van der Waals surface area (Å²) in [4.78, 5) is 0. The molecule has 1 aliphatic rings. The molecule has 0 bridgehead atoms. The Kier molecular flexibility index (Phi) is 4.83. The molecule has 1 aromatic rings. The van der Waals surface area contributed by atoms with Crippen LogP contribution in [0.25, 0.3) is 0 Å². The molecule has 3 nitrogen and oxygen atoms in total. The van der Waals surface area contributed by atoms with Crippen LogP contribution in [0.5, 0.6) is 5.75 Å². The second-order valence-electron chi connectivity index (χ2n) is 5.76. The van der Waals surface area contributed by atoms with E-state index in [0.29, 0.717) is 12.6 Å². The normalized spacial score (nSPS) is 19.3. The van der Waals surface area contributed by atoms with Crippen LogP contribution in [-0.2, 0) is 6.42 Å². The fourth-order valence-electron chi connectivity index (χ4n) is 2.57. The zero-order chi connectivity index (χ0) is 13.7. The van der Waals surface area contributed by atoms with Gasteiger partial charge in [0.1, 0.15) is 12.4 Å². The van der Waals surface area contributed by atoms with Crippen molar-refractivity contribution in [1.82, 2.24) is 5.32 Å². The Morgan fingerprint density at radius 2 is 1.89 bits per heavy atom. The van der Waals surface area contributed by atoms with E-state index >= 15 is 0 Å². The molecule has 1 aliphatic carbocycles. The van der Waals surface area contributed by atoms with Gasteiger partial charge >= 0.3 is 0 Å². The standard InChI is InChI=1S/C16H25NO2/c1-13(17-2)11-14-5-7-15(8-6-14)19-12-16(18)9-3-4-10-16/h5-8,13,17-18H,3-4,9-12H2,1-2H3. The highest BCUT2D eigenvalue weighted by Crippen LogP contribution is 2.30. The van der Waals surface area contributed by atoms with Crippen LogP contribution in [0.1, 0.15) is 38.2 Å². The lowest BCUT2D eigenvalue weighted by molar-refractivity contribution is 0.00141. The third-order valence-electron chi connectivity index (χ3n) is 4.00. The predicted octanol–water partition coefficient (Wildman–Crippen LogP) is 2.52. The number of rotatable bonds is 6. The summed E-state index contributed by atoms with van der Waals surface area (Å²) in [6.07, 6.45) is 4.97. The first-order valence-corrected chi connectivity index (χ1v) is 7.23. The molecular formula is C16H25NO2. The van der Waals surface area contributed by atoms with Gasteiger partial charge in [-0.1, -0.05) is 25.0 Å². The zero-order valence-corrected chi connectivity index (χ0v) is 12.0. The van der Waals surface area contributed by atoms with Gasteiger partial charge in [0, 0.05) is 6.04 Å². The highest BCUT2D eigenvalue weighted by molar-refractivity contribution is 5.27. The molecule has 0 saturated heterocycles. The molecule has 2 rings (SSSR count). The molecule has 1 saturated carbocycles. The number of benzene rings is 1. The molecule has 1 atom stereocenters. The second kappa shape index (κ2) is 6.40. The van der Waals surface area contributed by atoms with Crippen molar-refractivity contribution < 1.29 is 9.84 Å². The lowest BCUT2D eigenvalue weighted by Gasteiger charge is -2.22. The van der Waals surface area contributed by atoms with Crippen LogP contribution < -0.4 is 10.1 Å². The van der Waals surface area contributed by atoms with E-state index in [4.69, 9.17) is 4.74 Å². The molecule has 0 heterocycles. The molecule has 2 N–H and O–H groups in total. The van der Waals surface area contributed by atoms with E-state index in [1.807, 2.05) is 19.2 Å². The van der Waals surface area contributed by atoms with Gasteiger partial charge in [0.05, 0.1) is 5.60 Å². The minimum atomic E-state index is -0.598. The van der Waals surface area contributed by atoms with Crippen LogP contribution >= 0.6 is 0 Å². The van der Waals surface area contributed by atoms with Crippen LogP contribution in [0, 0.1) is 0 Å². The van der Waals surface area contributed by atoms with E-state index in [0.717, 1.165) is 37.9 Å². The zero-order valence-electron chi connectivity index (χ0n) is 12.0. The van der Waals surface area contributed by atoms with Crippen LogP contribution in [0.3, 0.4) is 0 Å². The first kappa shape index (κ1) is 14.4. The van der Waals surface area contributed by atoms with Crippen molar-refractivity contribution in [2.24, 2.45) is 0 Å². The Morgan fingerprint density at radius 1 is 1.26 bits per heavy atom. The summed E-state index contributed by atoms with van der Waals surface area (Å²) in [5.74, 6) is 0.848. The molecule has 0 aliphatic heterocycles. The van der Waals surface area contributed by atoms with Crippen LogP contribution in [0.15, 0.2) is 24.3 Å². The topological polar surface area (TPSA) is 41.5 Å². The Bertz CT molecular complexity index is 382. The van der Waals surface area contributed by atoms with E-state index in [9.17, 15) is 5.11 Å². The molecule has 0 amide bonds. The number of aliphatic hydroxyl groups is 1. The van der Waals surface area contributed by atoms with Gasteiger partial charge in [0.2, 0.25) is 0 Å². The highest BCUT2D eigenvalue weighted by Gasteiger charge is 2.31. The van der Waals surface area contributed by atoms with Crippen molar-refractivity contribution in [2.45, 2.75) is 50.7 Å². The van der Waals surface area contributed by atoms with Crippen molar-refractivity contribution >= 4 is 0 Å². The van der Waals surface area contributed by atoms with Gasteiger partial charge < -0.3 is 15.2 Å². The van der Waals surface area contributed by atoms with Gasteiger partial charge in [-0.3, -0.25) is 0 Å². The first-order chi connectivity index (χ1) is 9.11. The van der Waals surface area contributed by atoms with Crippen LogP contribution in [0.2, 0.25) is 0 Å². The Labute approximate surface area is 116 Å². The van der Waals surface area contributed by atoms with Gasteiger partial charge in [-0.15, -0.1) is 0 Å². The third kappa shape index (κ3) is 4.22. The van der Waals surface area contributed by atoms with Crippen LogP contribution in [-0.4, -0.2) is 30.4 Å². The molecule has 1 fully saturated rings. The summed E-state index contributed by atoms with van der Waals surface area (Å²) in [5.41, 5.74) is 0.702. The van der Waals surface area contributed by atoms with E-state index in [1.54, 1.807) is 0 Å². The lowest BCUT2D eigenvalue weighted by atomic mass is 10.0. The van der Waals surface area contributed by atoms with Crippen molar-refractivity contribution in [2.75, 3.05) is 13.7 Å². The SMILES string of the molecule is CNC(C)Cc1ccc(OCC2(O)CCCC2)cc1. The Balaban J connectivity index is 1.84. The van der Waals surface area contributed by atoms with Crippen molar-refractivity contribution in [3.8, 4) is 5.75 Å². The summed E-state index contributed by atoms with van der Waals surface area (Å²) >= 11 is 0. The fraction of sp³-hybridized carbons (Fsp3) is 0.625. The smallest absolute Gasteiger partial charge is 0.119 e. The number of hydrogen-bond donors (Lipinski definition) is 2. The summed E-state index contributed by atoms with van der Waals surface area (Å²) in [6, 6.07) is 8.67. The van der Waals surface area contributed by atoms with Crippen molar-refractivity contribution in [3.63, 3.8) is 0 Å². The monoisotopic (exact) mass is 263 g/mol. The molecule has 0 aromatic heterocycles. The average molecular weight is 263 g/mol. The fourth-order valence-corrected chi connectivity index (χ4v) is 2.57. The van der Waals surface area contributed by atoms with E-state index in [-0.39, 0.29) is 0 Å². The molecule has 0 radical (unpaired) electrons. The predicted molar refractivity (Wildman–Crippen MR) is 77.6 cm³/mol. The number of hydrogen-bond acceptors (Lipinski definition) is 3.